The number of benzene rings is 2. The van der Waals surface area contributed by atoms with Crippen LogP contribution in [0, 0.1) is 0 Å². The third-order valence-corrected chi connectivity index (χ3v) is 4.19. The van der Waals surface area contributed by atoms with E-state index in [1.165, 1.54) is 5.56 Å². The fraction of sp³-hybridized carbons (Fsp3) is 0.300. The molecule has 1 aliphatic rings. The van der Waals surface area contributed by atoms with Crippen molar-refractivity contribution in [2.75, 3.05) is 23.4 Å². The largest absolute Gasteiger partial charge is 0.484 e. The van der Waals surface area contributed by atoms with E-state index < -0.39 is 0 Å². The molecule has 1 N–H and O–H groups in total. The molecule has 0 saturated carbocycles. The second-order valence-corrected chi connectivity index (χ2v) is 6.04. The molecular formula is C20H22N2O3. The zero-order valence-corrected chi connectivity index (χ0v) is 14.3. The lowest BCUT2D eigenvalue weighted by molar-refractivity contribution is -0.118. The van der Waals surface area contributed by atoms with Crippen LogP contribution < -0.4 is 15.0 Å². The third kappa shape index (κ3) is 4.38. The zero-order chi connectivity index (χ0) is 17.6. The molecule has 0 atom stereocenters. The van der Waals surface area contributed by atoms with Gasteiger partial charge < -0.3 is 15.0 Å². The average molecular weight is 338 g/mol. The highest BCUT2D eigenvalue weighted by molar-refractivity contribution is 5.97. The van der Waals surface area contributed by atoms with Crippen molar-refractivity contribution in [1.82, 2.24) is 0 Å². The van der Waals surface area contributed by atoms with E-state index >= 15 is 0 Å². The van der Waals surface area contributed by atoms with Gasteiger partial charge in [0, 0.05) is 24.3 Å². The summed E-state index contributed by atoms with van der Waals surface area (Å²) in [4.78, 5) is 25.7. The maximum Gasteiger partial charge on any atom is 0.262 e. The van der Waals surface area contributed by atoms with Gasteiger partial charge in [-0.3, -0.25) is 9.59 Å². The minimum Gasteiger partial charge on any atom is -0.484 e. The Hall–Kier alpha value is -2.82. The molecule has 2 aromatic carbocycles. The van der Waals surface area contributed by atoms with Crippen molar-refractivity contribution >= 4 is 23.2 Å². The molecule has 130 valence electrons. The Bertz CT molecular complexity index is 773. The van der Waals surface area contributed by atoms with Crippen molar-refractivity contribution in [2.45, 2.75) is 26.2 Å². The molecule has 2 aromatic rings. The van der Waals surface area contributed by atoms with Crippen molar-refractivity contribution in [3.8, 4) is 5.75 Å². The summed E-state index contributed by atoms with van der Waals surface area (Å²) in [6, 6.07) is 15.1. The van der Waals surface area contributed by atoms with E-state index in [-0.39, 0.29) is 18.4 Å². The molecule has 1 aliphatic heterocycles. The molecule has 0 aliphatic carbocycles. The minimum absolute atomic E-state index is 0.0555. The summed E-state index contributed by atoms with van der Waals surface area (Å²) in [6.45, 7) is 2.75. The maximum absolute atomic E-state index is 12.1. The van der Waals surface area contributed by atoms with Crippen LogP contribution in [0.25, 0.3) is 0 Å². The quantitative estimate of drug-likeness (QED) is 0.878. The molecule has 0 unspecified atom stereocenters. The van der Waals surface area contributed by atoms with Gasteiger partial charge in [0.2, 0.25) is 5.91 Å². The predicted octanol–water partition coefficient (Wildman–Crippen LogP) is 3.39. The number of amides is 2. The summed E-state index contributed by atoms with van der Waals surface area (Å²) in [7, 11) is 0. The lowest BCUT2D eigenvalue weighted by Crippen LogP contribution is -2.24. The number of hydrogen-bond donors (Lipinski definition) is 1. The van der Waals surface area contributed by atoms with E-state index in [1.807, 2.05) is 42.5 Å². The highest BCUT2D eigenvalue weighted by atomic mass is 16.5. The Kier molecular flexibility index (Phi) is 5.33. The molecule has 3 rings (SSSR count). The standard InChI is InChI=1S/C20H22N2O3/c1-2-15-6-3-9-18(12-15)25-14-19(23)21-16-7-4-8-17(13-16)22-11-5-10-20(22)24/h3-4,6-9,12-13H,2,5,10-11,14H2,1H3,(H,21,23). The number of hydrogen-bond acceptors (Lipinski definition) is 3. The van der Waals surface area contributed by atoms with Crippen LogP contribution in [0.15, 0.2) is 48.5 Å². The van der Waals surface area contributed by atoms with Crippen LogP contribution in [0.4, 0.5) is 11.4 Å². The van der Waals surface area contributed by atoms with Crippen LogP contribution in [0.1, 0.15) is 25.3 Å². The Labute approximate surface area is 147 Å². The zero-order valence-electron chi connectivity index (χ0n) is 14.3. The number of ether oxygens (including phenoxy) is 1. The number of nitrogens with zero attached hydrogens (tertiary/aromatic N) is 1. The highest BCUT2D eigenvalue weighted by Crippen LogP contribution is 2.24. The van der Waals surface area contributed by atoms with Crippen LogP contribution in [0.3, 0.4) is 0 Å². The van der Waals surface area contributed by atoms with E-state index in [9.17, 15) is 9.59 Å². The first-order valence-corrected chi connectivity index (χ1v) is 8.57. The SMILES string of the molecule is CCc1cccc(OCC(=O)Nc2cccc(N3CCCC3=O)c2)c1. The van der Waals surface area contributed by atoms with Crippen molar-refractivity contribution in [3.63, 3.8) is 0 Å². The summed E-state index contributed by atoms with van der Waals surface area (Å²) in [5.41, 5.74) is 2.64. The fourth-order valence-corrected chi connectivity index (χ4v) is 2.87. The van der Waals surface area contributed by atoms with Crippen molar-refractivity contribution in [2.24, 2.45) is 0 Å². The second kappa shape index (κ2) is 7.83. The van der Waals surface area contributed by atoms with Gasteiger partial charge in [0.25, 0.3) is 5.91 Å². The van der Waals surface area contributed by atoms with Crippen LogP contribution in [0.5, 0.6) is 5.75 Å². The van der Waals surface area contributed by atoms with Gasteiger partial charge in [0.05, 0.1) is 0 Å². The Morgan fingerprint density at radius 1 is 1.20 bits per heavy atom. The van der Waals surface area contributed by atoms with E-state index in [0.29, 0.717) is 17.9 Å². The molecule has 2 amide bonds. The molecule has 5 heteroatoms. The molecule has 1 heterocycles. The summed E-state index contributed by atoms with van der Waals surface area (Å²) in [6.07, 6.45) is 2.38. The Balaban J connectivity index is 1.58. The van der Waals surface area contributed by atoms with Crippen LogP contribution in [-0.4, -0.2) is 25.0 Å². The predicted molar refractivity (Wildman–Crippen MR) is 98.0 cm³/mol. The number of carbonyl (C=O) groups excluding carboxylic acids is 2. The molecular weight excluding hydrogens is 316 g/mol. The third-order valence-electron chi connectivity index (χ3n) is 4.19. The average Bonchev–Trinajstić information content (AvgIpc) is 3.06. The summed E-state index contributed by atoms with van der Waals surface area (Å²) in [5, 5.41) is 2.82. The summed E-state index contributed by atoms with van der Waals surface area (Å²) >= 11 is 0. The lowest BCUT2D eigenvalue weighted by atomic mass is 10.2. The van der Waals surface area contributed by atoms with Crippen LogP contribution in [-0.2, 0) is 16.0 Å². The first kappa shape index (κ1) is 17.0. The second-order valence-electron chi connectivity index (χ2n) is 6.04. The molecule has 0 spiro atoms. The first-order chi connectivity index (χ1) is 12.2. The monoisotopic (exact) mass is 338 g/mol. The number of nitrogens with one attached hydrogen (secondary N) is 1. The van der Waals surface area contributed by atoms with Crippen molar-refractivity contribution in [1.29, 1.82) is 0 Å². The molecule has 0 bridgehead atoms. The number of anilines is 2. The minimum atomic E-state index is -0.230. The van der Waals surface area contributed by atoms with Gasteiger partial charge in [0.15, 0.2) is 6.61 Å². The summed E-state index contributed by atoms with van der Waals surface area (Å²) < 4.78 is 5.55. The Morgan fingerprint density at radius 2 is 2.04 bits per heavy atom. The van der Waals surface area contributed by atoms with Gasteiger partial charge in [-0.25, -0.2) is 0 Å². The molecule has 1 fully saturated rings. The van der Waals surface area contributed by atoms with Crippen molar-refractivity contribution < 1.29 is 14.3 Å². The van der Waals surface area contributed by atoms with Gasteiger partial charge in [-0.1, -0.05) is 25.1 Å². The number of aryl methyl sites for hydroxylation is 1. The van der Waals surface area contributed by atoms with E-state index in [0.717, 1.165) is 25.1 Å². The van der Waals surface area contributed by atoms with E-state index in [4.69, 9.17) is 4.74 Å². The first-order valence-electron chi connectivity index (χ1n) is 8.57. The molecule has 25 heavy (non-hydrogen) atoms. The lowest BCUT2D eigenvalue weighted by Gasteiger charge is -2.16. The van der Waals surface area contributed by atoms with E-state index in [2.05, 4.69) is 12.2 Å². The Morgan fingerprint density at radius 3 is 2.80 bits per heavy atom. The topological polar surface area (TPSA) is 58.6 Å². The smallest absolute Gasteiger partial charge is 0.262 e. The van der Waals surface area contributed by atoms with Gasteiger partial charge in [-0.15, -0.1) is 0 Å². The number of carbonyl (C=O) groups is 2. The maximum atomic E-state index is 12.1. The van der Waals surface area contributed by atoms with E-state index in [1.54, 1.807) is 11.0 Å². The van der Waals surface area contributed by atoms with Gasteiger partial charge in [-0.2, -0.15) is 0 Å². The van der Waals surface area contributed by atoms with Gasteiger partial charge in [0.1, 0.15) is 5.75 Å². The molecule has 5 nitrogen and oxygen atoms in total. The molecule has 1 saturated heterocycles. The van der Waals surface area contributed by atoms with Gasteiger partial charge in [-0.05, 0) is 48.7 Å². The van der Waals surface area contributed by atoms with Crippen LogP contribution in [0.2, 0.25) is 0 Å². The normalized spacial score (nSPS) is 13.8. The number of rotatable bonds is 6. The molecule has 0 radical (unpaired) electrons. The highest BCUT2D eigenvalue weighted by Gasteiger charge is 2.21. The fourth-order valence-electron chi connectivity index (χ4n) is 2.87. The van der Waals surface area contributed by atoms with Crippen molar-refractivity contribution in [3.05, 3.63) is 54.1 Å². The van der Waals surface area contributed by atoms with Gasteiger partial charge >= 0.3 is 0 Å². The van der Waals surface area contributed by atoms with Crippen LogP contribution >= 0.6 is 0 Å². The summed E-state index contributed by atoms with van der Waals surface area (Å²) in [5.74, 6) is 0.584. The molecule has 0 aromatic heterocycles.